The Morgan fingerprint density at radius 2 is 2.04 bits per heavy atom. The summed E-state index contributed by atoms with van der Waals surface area (Å²) >= 11 is 0. The molecule has 1 aliphatic rings. The van der Waals surface area contributed by atoms with E-state index in [4.69, 9.17) is 5.11 Å². The van der Waals surface area contributed by atoms with E-state index in [9.17, 15) is 4.79 Å². The van der Waals surface area contributed by atoms with Gasteiger partial charge < -0.3 is 15.3 Å². The van der Waals surface area contributed by atoms with Gasteiger partial charge in [0.05, 0.1) is 0 Å². The molecule has 1 unspecified atom stereocenters. The summed E-state index contributed by atoms with van der Waals surface area (Å²) in [6.07, 6.45) is 4.93. The number of anilines is 1. The summed E-state index contributed by atoms with van der Waals surface area (Å²) in [6, 6.07) is 6.17. The molecule has 6 heteroatoms. The highest BCUT2D eigenvalue weighted by atomic mass is 16.2. The minimum Gasteiger partial charge on any atom is -0.396 e. The van der Waals surface area contributed by atoms with Gasteiger partial charge >= 0.3 is 0 Å². The summed E-state index contributed by atoms with van der Waals surface area (Å²) in [4.78, 5) is 21.0. The summed E-state index contributed by atoms with van der Waals surface area (Å²) in [6.45, 7) is 7.09. The van der Waals surface area contributed by atoms with E-state index < -0.39 is 0 Å². The maximum absolute atomic E-state index is 11.9. The van der Waals surface area contributed by atoms with Crippen LogP contribution in [-0.4, -0.2) is 66.3 Å². The number of amides is 1. The minimum absolute atomic E-state index is 0.118. The molecule has 1 aliphatic heterocycles. The van der Waals surface area contributed by atoms with E-state index in [1.807, 2.05) is 18.3 Å². The third-order valence-electron chi connectivity index (χ3n) is 4.35. The summed E-state index contributed by atoms with van der Waals surface area (Å²) < 4.78 is 0. The molecular formula is C18H30N4O2. The van der Waals surface area contributed by atoms with Gasteiger partial charge in [-0.05, 0) is 31.9 Å². The van der Waals surface area contributed by atoms with Crippen molar-refractivity contribution < 1.29 is 9.90 Å². The van der Waals surface area contributed by atoms with Crippen molar-refractivity contribution in [2.75, 3.05) is 44.2 Å². The molecule has 0 saturated carbocycles. The fraction of sp³-hybridized carbons (Fsp3) is 0.667. The Bertz CT molecular complexity index is 475. The highest BCUT2D eigenvalue weighted by Gasteiger charge is 2.19. The summed E-state index contributed by atoms with van der Waals surface area (Å²) in [5.74, 6) is 1.16. The van der Waals surface area contributed by atoms with E-state index >= 15 is 0 Å². The molecule has 1 saturated heterocycles. The maximum atomic E-state index is 11.9. The first-order chi connectivity index (χ1) is 11.7. The summed E-state index contributed by atoms with van der Waals surface area (Å²) in [5.41, 5.74) is 0. The zero-order chi connectivity index (χ0) is 17.2. The number of nitrogens with zero attached hydrogens (tertiary/aromatic N) is 3. The highest BCUT2D eigenvalue weighted by molar-refractivity contribution is 5.76. The van der Waals surface area contributed by atoms with Crippen LogP contribution in [-0.2, 0) is 4.79 Å². The second kappa shape index (κ2) is 10.3. The molecule has 0 bridgehead atoms. The van der Waals surface area contributed by atoms with Gasteiger partial charge in [0, 0.05) is 58.0 Å². The molecule has 24 heavy (non-hydrogen) atoms. The standard InChI is InChI=1S/C18H30N4O2/c1-16(20-18(24)8-3-2-6-14-23)15-21-10-12-22(13-11-21)17-7-4-5-9-19-17/h4-5,7,9,16,23H,2-3,6,8,10-15H2,1H3,(H,20,24). The predicted molar refractivity (Wildman–Crippen MR) is 96.0 cm³/mol. The normalized spacial score (nSPS) is 16.8. The number of aromatic nitrogens is 1. The number of pyridine rings is 1. The third-order valence-corrected chi connectivity index (χ3v) is 4.35. The first kappa shape index (κ1) is 18.7. The van der Waals surface area contributed by atoms with Crippen LogP contribution in [0.15, 0.2) is 24.4 Å². The SMILES string of the molecule is CC(CN1CCN(c2ccccn2)CC1)NC(=O)CCCCCO. The van der Waals surface area contributed by atoms with Gasteiger partial charge in [-0.2, -0.15) is 0 Å². The van der Waals surface area contributed by atoms with E-state index in [0.717, 1.165) is 57.8 Å². The molecule has 1 aromatic heterocycles. The van der Waals surface area contributed by atoms with Crippen molar-refractivity contribution in [1.82, 2.24) is 15.2 Å². The van der Waals surface area contributed by atoms with E-state index in [-0.39, 0.29) is 18.6 Å². The number of piperazine rings is 1. The molecule has 1 fully saturated rings. The molecule has 1 amide bonds. The van der Waals surface area contributed by atoms with Crippen LogP contribution in [0.25, 0.3) is 0 Å². The molecule has 6 nitrogen and oxygen atoms in total. The first-order valence-corrected chi connectivity index (χ1v) is 8.97. The average molecular weight is 334 g/mol. The number of nitrogens with one attached hydrogen (secondary N) is 1. The van der Waals surface area contributed by atoms with Gasteiger partial charge in [-0.15, -0.1) is 0 Å². The number of aliphatic hydroxyl groups is 1. The van der Waals surface area contributed by atoms with E-state index in [1.54, 1.807) is 0 Å². The summed E-state index contributed by atoms with van der Waals surface area (Å²) in [5, 5.41) is 11.8. The lowest BCUT2D eigenvalue weighted by Crippen LogP contribution is -2.51. The number of hydrogen-bond acceptors (Lipinski definition) is 5. The molecule has 2 N–H and O–H groups in total. The Morgan fingerprint density at radius 3 is 2.71 bits per heavy atom. The lowest BCUT2D eigenvalue weighted by molar-refractivity contribution is -0.121. The second-order valence-electron chi connectivity index (χ2n) is 6.48. The van der Waals surface area contributed by atoms with Crippen molar-refractivity contribution in [3.05, 3.63) is 24.4 Å². The molecule has 0 spiro atoms. The zero-order valence-corrected chi connectivity index (χ0v) is 14.7. The van der Waals surface area contributed by atoms with Crippen molar-refractivity contribution in [3.8, 4) is 0 Å². The monoisotopic (exact) mass is 334 g/mol. The van der Waals surface area contributed by atoms with Crippen molar-refractivity contribution in [3.63, 3.8) is 0 Å². The number of rotatable bonds is 9. The molecule has 0 aliphatic carbocycles. The van der Waals surface area contributed by atoms with Crippen LogP contribution in [0.5, 0.6) is 0 Å². The molecule has 0 radical (unpaired) electrons. The molecule has 2 rings (SSSR count). The van der Waals surface area contributed by atoms with Crippen LogP contribution >= 0.6 is 0 Å². The van der Waals surface area contributed by atoms with Gasteiger partial charge in [0.25, 0.3) is 0 Å². The fourth-order valence-corrected chi connectivity index (χ4v) is 3.05. The molecular weight excluding hydrogens is 304 g/mol. The Balaban J connectivity index is 1.63. The molecule has 1 atom stereocenters. The van der Waals surface area contributed by atoms with Crippen molar-refractivity contribution in [2.24, 2.45) is 0 Å². The molecule has 1 aromatic rings. The topological polar surface area (TPSA) is 68.7 Å². The third kappa shape index (κ3) is 6.45. The Kier molecular flexibility index (Phi) is 7.98. The van der Waals surface area contributed by atoms with Crippen LogP contribution in [0, 0.1) is 0 Å². The number of carbonyl (C=O) groups excluding carboxylic acids is 1. The van der Waals surface area contributed by atoms with Crippen molar-refractivity contribution >= 4 is 11.7 Å². The van der Waals surface area contributed by atoms with Crippen LogP contribution in [0.3, 0.4) is 0 Å². The second-order valence-corrected chi connectivity index (χ2v) is 6.48. The highest BCUT2D eigenvalue weighted by Crippen LogP contribution is 2.12. The number of carbonyl (C=O) groups is 1. The smallest absolute Gasteiger partial charge is 0.220 e. The van der Waals surface area contributed by atoms with Crippen LogP contribution < -0.4 is 10.2 Å². The van der Waals surface area contributed by atoms with E-state index in [2.05, 4.69) is 33.1 Å². The zero-order valence-electron chi connectivity index (χ0n) is 14.7. The number of hydrogen-bond donors (Lipinski definition) is 2. The van der Waals surface area contributed by atoms with Crippen molar-refractivity contribution in [1.29, 1.82) is 0 Å². The largest absolute Gasteiger partial charge is 0.396 e. The van der Waals surface area contributed by atoms with E-state index in [1.165, 1.54) is 0 Å². The van der Waals surface area contributed by atoms with Crippen molar-refractivity contribution in [2.45, 2.75) is 38.6 Å². The quantitative estimate of drug-likeness (QED) is 0.666. The van der Waals surface area contributed by atoms with Gasteiger partial charge in [-0.1, -0.05) is 12.5 Å². The Morgan fingerprint density at radius 1 is 1.25 bits per heavy atom. The van der Waals surface area contributed by atoms with E-state index in [0.29, 0.717) is 6.42 Å². The average Bonchev–Trinajstić information content (AvgIpc) is 2.60. The molecule has 2 heterocycles. The Hall–Kier alpha value is -1.66. The minimum atomic E-state index is 0.118. The number of unbranched alkanes of at least 4 members (excludes halogenated alkanes) is 2. The van der Waals surface area contributed by atoms with Crippen LogP contribution in [0.2, 0.25) is 0 Å². The maximum Gasteiger partial charge on any atom is 0.220 e. The van der Waals surface area contributed by atoms with Gasteiger partial charge in [0.15, 0.2) is 0 Å². The summed E-state index contributed by atoms with van der Waals surface area (Å²) in [7, 11) is 0. The van der Waals surface area contributed by atoms with Gasteiger partial charge in [0.1, 0.15) is 5.82 Å². The first-order valence-electron chi connectivity index (χ1n) is 8.97. The van der Waals surface area contributed by atoms with Gasteiger partial charge in [0.2, 0.25) is 5.91 Å². The lowest BCUT2D eigenvalue weighted by atomic mass is 10.2. The fourth-order valence-electron chi connectivity index (χ4n) is 3.05. The lowest BCUT2D eigenvalue weighted by Gasteiger charge is -2.36. The Labute approximate surface area is 144 Å². The molecule has 0 aromatic carbocycles. The van der Waals surface area contributed by atoms with Gasteiger partial charge in [-0.3, -0.25) is 9.69 Å². The van der Waals surface area contributed by atoms with Gasteiger partial charge in [-0.25, -0.2) is 4.98 Å². The van der Waals surface area contributed by atoms with Crippen LogP contribution in [0.1, 0.15) is 32.6 Å². The van der Waals surface area contributed by atoms with Crippen LogP contribution in [0.4, 0.5) is 5.82 Å². The molecule has 134 valence electrons. The predicted octanol–water partition coefficient (Wildman–Crippen LogP) is 1.26. The number of aliphatic hydroxyl groups excluding tert-OH is 1.